The van der Waals surface area contributed by atoms with Crippen LogP contribution in [-0.4, -0.2) is 24.0 Å². The van der Waals surface area contributed by atoms with E-state index in [1.807, 2.05) is 0 Å². The molecule has 0 saturated carbocycles. The summed E-state index contributed by atoms with van der Waals surface area (Å²) in [6, 6.07) is 9.22. The number of ether oxygens (including phenoxy) is 2. The van der Waals surface area contributed by atoms with E-state index in [-0.39, 0.29) is 11.6 Å². The Kier molecular flexibility index (Phi) is 3.84. The van der Waals surface area contributed by atoms with E-state index in [1.165, 1.54) is 12.1 Å². The number of carbonyl (C=O) groups is 1. The number of hydrogen-bond donors (Lipinski definition) is 1. The maximum atomic E-state index is 12.4. The molecule has 2 aromatic rings. The molecule has 7 heteroatoms. The quantitative estimate of drug-likeness (QED) is 0.695. The number of nitro benzene ring substituents is 1. The molecule has 1 aliphatic rings. The van der Waals surface area contributed by atoms with Crippen molar-refractivity contribution in [2.45, 2.75) is 6.92 Å². The zero-order valence-corrected chi connectivity index (χ0v) is 12.4. The minimum atomic E-state index is -0.501. The van der Waals surface area contributed by atoms with E-state index in [2.05, 4.69) is 5.32 Å². The van der Waals surface area contributed by atoms with Crippen molar-refractivity contribution in [3.05, 3.63) is 57.6 Å². The second kappa shape index (κ2) is 5.96. The molecule has 1 N–H and O–H groups in total. The fourth-order valence-electron chi connectivity index (χ4n) is 2.24. The highest BCUT2D eigenvalue weighted by Crippen LogP contribution is 2.31. The summed E-state index contributed by atoms with van der Waals surface area (Å²) in [5.41, 5.74) is 1.45. The summed E-state index contributed by atoms with van der Waals surface area (Å²) in [6.07, 6.45) is 0. The van der Waals surface area contributed by atoms with Gasteiger partial charge in [0.05, 0.1) is 10.6 Å². The zero-order chi connectivity index (χ0) is 16.4. The normalized spacial score (nSPS) is 12.6. The van der Waals surface area contributed by atoms with Crippen LogP contribution in [0.5, 0.6) is 11.5 Å². The van der Waals surface area contributed by atoms with Crippen molar-refractivity contribution in [1.29, 1.82) is 0 Å². The Morgan fingerprint density at radius 2 is 1.87 bits per heavy atom. The summed E-state index contributed by atoms with van der Waals surface area (Å²) in [5.74, 6) is 0.740. The van der Waals surface area contributed by atoms with Crippen LogP contribution in [0.25, 0.3) is 0 Å². The Morgan fingerprint density at radius 3 is 2.61 bits per heavy atom. The minimum absolute atomic E-state index is 0.0759. The molecule has 2 aromatic carbocycles. The van der Waals surface area contributed by atoms with Crippen LogP contribution in [0.2, 0.25) is 0 Å². The molecule has 0 saturated heterocycles. The summed E-state index contributed by atoms with van der Waals surface area (Å²) in [5, 5.41) is 13.5. The molecule has 0 aliphatic carbocycles. The summed E-state index contributed by atoms with van der Waals surface area (Å²) in [7, 11) is 0. The van der Waals surface area contributed by atoms with E-state index >= 15 is 0 Å². The van der Waals surface area contributed by atoms with Crippen LogP contribution in [-0.2, 0) is 0 Å². The van der Waals surface area contributed by atoms with Crippen molar-refractivity contribution in [3.63, 3.8) is 0 Å². The van der Waals surface area contributed by atoms with Crippen molar-refractivity contribution in [2.24, 2.45) is 0 Å². The Balaban J connectivity index is 1.84. The number of rotatable bonds is 3. The maximum absolute atomic E-state index is 12.4. The molecule has 118 valence electrons. The number of nitrogens with one attached hydrogen (secondary N) is 1. The molecular formula is C16H14N2O5. The van der Waals surface area contributed by atoms with Crippen molar-refractivity contribution in [3.8, 4) is 11.5 Å². The third-order valence-corrected chi connectivity index (χ3v) is 3.48. The van der Waals surface area contributed by atoms with E-state index < -0.39 is 4.92 Å². The highest BCUT2D eigenvalue weighted by Gasteiger charge is 2.16. The Morgan fingerprint density at radius 1 is 1.13 bits per heavy atom. The molecular weight excluding hydrogens is 300 g/mol. The third kappa shape index (κ3) is 3.08. The van der Waals surface area contributed by atoms with E-state index in [4.69, 9.17) is 9.47 Å². The standard InChI is InChI=1S/C16H14N2O5/c1-10-2-4-12(18(20)21)9-13(10)17-16(19)11-3-5-14-15(8-11)23-7-6-22-14/h2-5,8-9H,6-7H2,1H3,(H,17,19). The number of amides is 1. The number of nitrogens with zero attached hydrogens (tertiary/aromatic N) is 1. The molecule has 0 atom stereocenters. The molecule has 1 heterocycles. The van der Waals surface area contributed by atoms with Crippen LogP contribution in [0.3, 0.4) is 0 Å². The summed E-state index contributed by atoms with van der Waals surface area (Å²) in [6.45, 7) is 2.68. The fourth-order valence-corrected chi connectivity index (χ4v) is 2.24. The van der Waals surface area contributed by atoms with E-state index in [0.717, 1.165) is 5.56 Å². The van der Waals surface area contributed by atoms with Crippen LogP contribution in [0.1, 0.15) is 15.9 Å². The molecule has 3 rings (SSSR count). The van der Waals surface area contributed by atoms with Crippen molar-refractivity contribution in [1.82, 2.24) is 0 Å². The number of nitro groups is 1. The van der Waals surface area contributed by atoms with Crippen LogP contribution in [0.15, 0.2) is 36.4 Å². The lowest BCUT2D eigenvalue weighted by atomic mass is 10.1. The molecule has 0 fully saturated rings. The number of non-ortho nitro benzene ring substituents is 1. The van der Waals surface area contributed by atoms with Gasteiger partial charge < -0.3 is 14.8 Å². The highest BCUT2D eigenvalue weighted by molar-refractivity contribution is 6.05. The van der Waals surface area contributed by atoms with Gasteiger partial charge in [-0.05, 0) is 30.7 Å². The predicted octanol–water partition coefficient (Wildman–Crippen LogP) is 2.93. The molecule has 0 spiro atoms. The first-order chi connectivity index (χ1) is 11.0. The monoisotopic (exact) mass is 314 g/mol. The molecule has 0 radical (unpaired) electrons. The van der Waals surface area contributed by atoms with E-state index in [1.54, 1.807) is 31.2 Å². The van der Waals surface area contributed by atoms with Gasteiger partial charge in [-0.25, -0.2) is 0 Å². The highest BCUT2D eigenvalue weighted by atomic mass is 16.6. The first-order valence-electron chi connectivity index (χ1n) is 7.00. The molecule has 1 amide bonds. The summed E-state index contributed by atoms with van der Waals surface area (Å²) < 4.78 is 10.9. The second-order valence-corrected chi connectivity index (χ2v) is 5.07. The largest absolute Gasteiger partial charge is 0.486 e. The molecule has 0 aromatic heterocycles. The van der Waals surface area contributed by atoms with E-state index in [9.17, 15) is 14.9 Å². The lowest BCUT2D eigenvalue weighted by Gasteiger charge is -2.18. The van der Waals surface area contributed by atoms with Crippen molar-refractivity contribution >= 4 is 17.3 Å². The van der Waals surface area contributed by atoms with Gasteiger partial charge >= 0.3 is 0 Å². The number of hydrogen-bond acceptors (Lipinski definition) is 5. The molecule has 0 bridgehead atoms. The van der Waals surface area contributed by atoms with Gasteiger partial charge in [-0.15, -0.1) is 0 Å². The fraction of sp³-hybridized carbons (Fsp3) is 0.188. The van der Waals surface area contributed by atoms with Crippen LogP contribution in [0.4, 0.5) is 11.4 Å². The van der Waals surface area contributed by atoms with Crippen molar-refractivity contribution < 1.29 is 19.2 Å². The topological polar surface area (TPSA) is 90.7 Å². The van der Waals surface area contributed by atoms with Gasteiger partial charge in [-0.1, -0.05) is 6.07 Å². The SMILES string of the molecule is Cc1ccc([N+](=O)[O-])cc1NC(=O)c1ccc2c(c1)OCCO2. The zero-order valence-electron chi connectivity index (χ0n) is 12.4. The first kappa shape index (κ1) is 14.8. The lowest BCUT2D eigenvalue weighted by Crippen LogP contribution is -2.17. The maximum Gasteiger partial charge on any atom is 0.271 e. The molecule has 7 nitrogen and oxygen atoms in total. The third-order valence-electron chi connectivity index (χ3n) is 3.48. The average Bonchev–Trinajstić information content (AvgIpc) is 2.56. The Bertz CT molecular complexity index is 788. The summed E-state index contributed by atoms with van der Waals surface area (Å²) >= 11 is 0. The first-order valence-corrected chi connectivity index (χ1v) is 7.00. The van der Waals surface area contributed by atoms with E-state index in [0.29, 0.717) is 36.0 Å². The van der Waals surface area contributed by atoms with Gasteiger partial charge in [0.2, 0.25) is 0 Å². The number of carbonyl (C=O) groups excluding carboxylic acids is 1. The van der Waals surface area contributed by atoms with Crippen LogP contribution in [0, 0.1) is 17.0 Å². The number of aryl methyl sites for hydroxylation is 1. The summed E-state index contributed by atoms with van der Waals surface area (Å²) in [4.78, 5) is 22.7. The van der Waals surface area contributed by atoms with Crippen molar-refractivity contribution in [2.75, 3.05) is 18.5 Å². The number of benzene rings is 2. The smallest absolute Gasteiger partial charge is 0.271 e. The molecule has 1 aliphatic heterocycles. The average molecular weight is 314 g/mol. The predicted molar refractivity (Wildman–Crippen MR) is 83.2 cm³/mol. The van der Waals surface area contributed by atoms with Gasteiger partial charge in [0, 0.05) is 17.7 Å². The molecule has 23 heavy (non-hydrogen) atoms. The number of fused-ring (bicyclic) bond motifs is 1. The van der Waals surface area contributed by atoms with Gasteiger partial charge in [-0.3, -0.25) is 14.9 Å². The van der Waals surface area contributed by atoms with Crippen LogP contribution < -0.4 is 14.8 Å². The van der Waals surface area contributed by atoms with Gasteiger partial charge in [-0.2, -0.15) is 0 Å². The van der Waals surface area contributed by atoms with Crippen LogP contribution >= 0.6 is 0 Å². The van der Waals surface area contributed by atoms with Gasteiger partial charge in [0.15, 0.2) is 11.5 Å². The number of anilines is 1. The Labute approximate surface area is 132 Å². The minimum Gasteiger partial charge on any atom is -0.486 e. The molecule has 0 unspecified atom stereocenters. The van der Waals surface area contributed by atoms with Gasteiger partial charge in [0.25, 0.3) is 11.6 Å². The van der Waals surface area contributed by atoms with Gasteiger partial charge in [0.1, 0.15) is 13.2 Å². The Hall–Kier alpha value is -3.09. The lowest BCUT2D eigenvalue weighted by molar-refractivity contribution is -0.384. The second-order valence-electron chi connectivity index (χ2n) is 5.07.